The van der Waals surface area contributed by atoms with Crippen LogP contribution < -0.4 is 4.74 Å². The van der Waals surface area contributed by atoms with Crippen molar-refractivity contribution in [3.05, 3.63) is 23.8 Å². The van der Waals surface area contributed by atoms with Crippen molar-refractivity contribution >= 4 is 21.6 Å². The number of nitrogens with zero attached hydrogens (tertiary/aromatic N) is 2. The topological polar surface area (TPSA) is 49.9 Å². The predicted molar refractivity (Wildman–Crippen MR) is 83.4 cm³/mol. The van der Waals surface area contributed by atoms with Crippen LogP contribution in [0, 0.1) is 0 Å². The van der Waals surface area contributed by atoms with E-state index in [1.807, 2.05) is 0 Å². The first kappa shape index (κ1) is 16.5. The average molecular weight is 333 g/mol. The van der Waals surface area contributed by atoms with Gasteiger partial charge in [0, 0.05) is 32.1 Å². The van der Waals surface area contributed by atoms with E-state index in [4.69, 9.17) is 16.3 Å². The minimum Gasteiger partial charge on any atom is -0.495 e. The summed E-state index contributed by atoms with van der Waals surface area (Å²) in [5.41, 5.74) is 0.767. The number of hydrogen-bond donors (Lipinski definition) is 0. The Morgan fingerprint density at radius 1 is 1.24 bits per heavy atom. The number of methoxy groups -OCH3 is 1. The van der Waals surface area contributed by atoms with Crippen LogP contribution in [0.5, 0.6) is 5.75 Å². The first-order chi connectivity index (χ1) is 10.0. The molecule has 0 unspecified atom stereocenters. The summed E-state index contributed by atoms with van der Waals surface area (Å²) in [4.78, 5) is 2.44. The van der Waals surface area contributed by atoms with E-state index in [1.165, 1.54) is 11.4 Å². The lowest BCUT2D eigenvalue weighted by Gasteiger charge is -2.33. The van der Waals surface area contributed by atoms with Gasteiger partial charge in [-0.05, 0) is 24.2 Å². The van der Waals surface area contributed by atoms with Crippen LogP contribution in [0.2, 0.25) is 0 Å². The Morgan fingerprint density at radius 2 is 1.90 bits per heavy atom. The maximum absolute atomic E-state index is 12.8. The van der Waals surface area contributed by atoms with E-state index < -0.39 is 10.0 Å². The van der Waals surface area contributed by atoms with Crippen molar-refractivity contribution in [1.82, 2.24) is 9.21 Å². The second-order valence-electron chi connectivity index (χ2n) is 4.96. The van der Waals surface area contributed by atoms with Gasteiger partial charge in [-0.3, -0.25) is 0 Å². The molecule has 0 saturated carbocycles. The molecule has 0 radical (unpaired) electrons. The van der Waals surface area contributed by atoms with Crippen molar-refractivity contribution in [3.63, 3.8) is 0 Å². The van der Waals surface area contributed by atoms with Crippen molar-refractivity contribution in [2.45, 2.75) is 17.7 Å². The van der Waals surface area contributed by atoms with Gasteiger partial charge in [-0.15, -0.1) is 11.6 Å². The number of halogens is 1. The van der Waals surface area contributed by atoms with Crippen LogP contribution in [-0.4, -0.2) is 57.5 Å². The van der Waals surface area contributed by atoms with Gasteiger partial charge < -0.3 is 9.64 Å². The lowest BCUT2D eigenvalue weighted by molar-refractivity contribution is 0.196. The molecule has 1 heterocycles. The maximum Gasteiger partial charge on any atom is 0.246 e. The third kappa shape index (κ3) is 3.51. The number of ether oxygens (including phenoxy) is 1. The van der Waals surface area contributed by atoms with E-state index in [0.717, 1.165) is 25.2 Å². The number of likely N-dealkylation sites (N-methyl/N-ethyl adjacent to an activating group) is 1. The molecule has 1 fully saturated rings. The smallest absolute Gasteiger partial charge is 0.246 e. The van der Waals surface area contributed by atoms with Crippen molar-refractivity contribution in [2.24, 2.45) is 0 Å². The molecule has 118 valence electrons. The first-order valence-corrected chi connectivity index (χ1v) is 8.95. The zero-order chi connectivity index (χ0) is 15.5. The monoisotopic (exact) mass is 332 g/mol. The highest BCUT2D eigenvalue weighted by molar-refractivity contribution is 7.89. The summed E-state index contributed by atoms with van der Waals surface area (Å²) in [6.45, 7) is 5.55. The number of sulfonamides is 1. The molecule has 5 nitrogen and oxygen atoms in total. The van der Waals surface area contributed by atoms with E-state index in [0.29, 0.717) is 18.8 Å². The van der Waals surface area contributed by atoms with Crippen LogP contribution >= 0.6 is 11.6 Å². The lowest BCUT2D eigenvalue weighted by atomic mass is 10.2. The molecule has 0 amide bonds. The van der Waals surface area contributed by atoms with E-state index in [1.54, 1.807) is 18.2 Å². The normalized spacial score (nSPS) is 17.9. The molecule has 0 atom stereocenters. The molecule has 1 saturated heterocycles. The summed E-state index contributed by atoms with van der Waals surface area (Å²) in [5.74, 6) is 0.637. The molecule has 1 aromatic carbocycles. The van der Waals surface area contributed by atoms with Crippen LogP contribution in [0.1, 0.15) is 12.5 Å². The molecule has 0 aliphatic carbocycles. The zero-order valence-corrected chi connectivity index (χ0v) is 14.0. The fourth-order valence-electron chi connectivity index (χ4n) is 2.43. The number of benzene rings is 1. The summed E-state index contributed by atoms with van der Waals surface area (Å²) in [5, 5.41) is 0. The third-order valence-electron chi connectivity index (χ3n) is 3.78. The number of hydrogen-bond acceptors (Lipinski definition) is 4. The van der Waals surface area contributed by atoms with Gasteiger partial charge in [-0.2, -0.15) is 4.31 Å². The standard InChI is InChI=1S/C14H21ClN2O3S/c1-3-16-6-8-17(9-7-16)21(18,19)14-10-12(11-15)4-5-13(14)20-2/h4-5,10H,3,6-9,11H2,1-2H3. The molecule has 21 heavy (non-hydrogen) atoms. The Kier molecular flexibility index (Phi) is 5.48. The van der Waals surface area contributed by atoms with Gasteiger partial charge in [-0.25, -0.2) is 8.42 Å². The number of rotatable bonds is 5. The molecule has 1 aromatic rings. The SMILES string of the molecule is CCN1CCN(S(=O)(=O)c2cc(CCl)ccc2OC)CC1. The average Bonchev–Trinajstić information content (AvgIpc) is 2.54. The zero-order valence-electron chi connectivity index (χ0n) is 12.4. The maximum atomic E-state index is 12.8. The summed E-state index contributed by atoms with van der Waals surface area (Å²) in [6.07, 6.45) is 0. The van der Waals surface area contributed by atoms with Crippen LogP contribution in [0.25, 0.3) is 0 Å². The predicted octanol–water partition coefficient (Wildman–Crippen LogP) is 1.76. The van der Waals surface area contributed by atoms with Gasteiger partial charge >= 0.3 is 0 Å². The molecule has 2 rings (SSSR count). The fourth-order valence-corrected chi connectivity index (χ4v) is 4.23. The number of alkyl halides is 1. The Balaban J connectivity index is 2.31. The second kappa shape index (κ2) is 6.96. The van der Waals surface area contributed by atoms with Gasteiger partial charge in [0.15, 0.2) is 0 Å². The van der Waals surface area contributed by atoms with E-state index in [9.17, 15) is 8.42 Å². The summed E-state index contributed by atoms with van der Waals surface area (Å²) in [7, 11) is -2.07. The Bertz CT molecular complexity index is 584. The van der Waals surface area contributed by atoms with Crippen molar-refractivity contribution in [2.75, 3.05) is 39.8 Å². The van der Waals surface area contributed by atoms with Crippen LogP contribution in [-0.2, 0) is 15.9 Å². The Hall–Kier alpha value is -0.820. The van der Waals surface area contributed by atoms with Gasteiger partial charge in [0.2, 0.25) is 10.0 Å². The van der Waals surface area contributed by atoms with Crippen molar-refractivity contribution in [3.8, 4) is 5.75 Å². The van der Waals surface area contributed by atoms with Crippen LogP contribution in [0.3, 0.4) is 0 Å². The minimum atomic E-state index is -3.55. The van der Waals surface area contributed by atoms with E-state index >= 15 is 0 Å². The highest BCUT2D eigenvalue weighted by atomic mass is 35.5. The fraction of sp³-hybridized carbons (Fsp3) is 0.571. The molecule has 0 bridgehead atoms. The lowest BCUT2D eigenvalue weighted by Crippen LogP contribution is -2.48. The van der Waals surface area contributed by atoms with Crippen LogP contribution in [0.4, 0.5) is 0 Å². The molecule has 1 aliphatic rings. The quantitative estimate of drug-likeness (QED) is 0.771. The molecule has 1 aliphatic heterocycles. The molecular formula is C14H21ClN2O3S. The van der Waals surface area contributed by atoms with Crippen molar-refractivity contribution < 1.29 is 13.2 Å². The molecule has 0 aromatic heterocycles. The van der Waals surface area contributed by atoms with Crippen LogP contribution in [0.15, 0.2) is 23.1 Å². The largest absolute Gasteiger partial charge is 0.495 e. The van der Waals surface area contributed by atoms with Crippen molar-refractivity contribution in [1.29, 1.82) is 0 Å². The van der Waals surface area contributed by atoms with E-state index in [-0.39, 0.29) is 10.8 Å². The summed E-state index contributed by atoms with van der Waals surface area (Å²) >= 11 is 5.81. The van der Waals surface area contributed by atoms with E-state index in [2.05, 4.69) is 11.8 Å². The minimum absolute atomic E-state index is 0.202. The molecule has 0 spiro atoms. The van der Waals surface area contributed by atoms with Gasteiger partial charge in [0.05, 0.1) is 7.11 Å². The molecular weight excluding hydrogens is 312 g/mol. The first-order valence-electron chi connectivity index (χ1n) is 6.98. The molecule has 0 N–H and O–H groups in total. The Labute approximate surface area is 131 Å². The van der Waals surface area contributed by atoms with Gasteiger partial charge in [0.25, 0.3) is 0 Å². The molecule has 7 heteroatoms. The van der Waals surface area contributed by atoms with Gasteiger partial charge in [-0.1, -0.05) is 13.0 Å². The summed E-state index contributed by atoms with van der Waals surface area (Å²) < 4.78 is 32.4. The highest BCUT2D eigenvalue weighted by Gasteiger charge is 2.30. The summed E-state index contributed by atoms with van der Waals surface area (Å²) in [6, 6.07) is 5.04. The Morgan fingerprint density at radius 3 is 2.43 bits per heavy atom. The van der Waals surface area contributed by atoms with Gasteiger partial charge in [0.1, 0.15) is 10.6 Å². The number of piperazine rings is 1. The second-order valence-corrected chi connectivity index (χ2v) is 7.13. The third-order valence-corrected chi connectivity index (χ3v) is 6.01. The highest BCUT2D eigenvalue weighted by Crippen LogP contribution is 2.29.